The largest absolute Gasteiger partial charge is 0.389 e. The summed E-state index contributed by atoms with van der Waals surface area (Å²) in [5.74, 6) is 1.37. The van der Waals surface area contributed by atoms with Crippen molar-refractivity contribution in [1.82, 2.24) is 20.4 Å². The Kier molecular flexibility index (Phi) is 5.11. The zero-order valence-electron chi connectivity index (χ0n) is 16.6. The molecular weight excluding hydrogens is 398 g/mol. The smallest absolute Gasteiger partial charge is 0.226 e. The second-order valence-corrected chi connectivity index (χ2v) is 8.82. The third kappa shape index (κ3) is 3.42. The van der Waals surface area contributed by atoms with Crippen LogP contribution in [0.4, 0.5) is 10.9 Å². The number of aromatic nitrogens is 3. The molecule has 1 saturated heterocycles. The number of hydrogen-bond donors (Lipinski definition) is 2. The molecule has 9 heteroatoms. The van der Waals surface area contributed by atoms with Gasteiger partial charge >= 0.3 is 0 Å². The SMILES string of the molecule is N#Cc1c(N)sc2c1[C@@H](c1cc(-c3ccnc(N4CCCNCC4)n3)on1)CCC2. The molecule has 3 aromatic rings. The van der Waals surface area contributed by atoms with Gasteiger partial charge in [0.1, 0.15) is 16.8 Å². The van der Waals surface area contributed by atoms with Crippen molar-refractivity contribution in [3.05, 3.63) is 40.0 Å². The molecule has 1 fully saturated rings. The maximum atomic E-state index is 9.59. The van der Waals surface area contributed by atoms with Crippen LogP contribution in [0.15, 0.2) is 22.9 Å². The lowest BCUT2D eigenvalue weighted by Gasteiger charge is -2.20. The maximum Gasteiger partial charge on any atom is 0.226 e. The standard InChI is InChI=1S/C21H23N7OS/c22-12-14-19-13(3-1-4-18(19)30-20(14)23)16-11-17(29-27-16)15-5-7-25-21(26-15)28-9-2-6-24-8-10-28/h5,7,11,13,24H,1-4,6,8-10,23H2/t13-/m1/s1. The van der Waals surface area contributed by atoms with Crippen molar-refractivity contribution in [2.24, 2.45) is 0 Å². The molecule has 3 aromatic heterocycles. The highest BCUT2D eigenvalue weighted by Crippen LogP contribution is 2.45. The van der Waals surface area contributed by atoms with E-state index in [1.165, 1.54) is 16.2 Å². The van der Waals surface area contributed by atoms with Gasteiger partial charge in [0.15, 0.2) is 5.76 Å². The first-order valence-corrected chi connectivity index (χ1v) is 11.1. The quantitative estimate of drug-likeness (QED) is 0.663. The predicted molar refractivity (Wildman–Crippen MR) is 115 cm³/mol. The second-order valence-electron chi connectivity index (χ2n) is 7.68. The zero-order valence-corrected chi connectivity index (χ0v) is 17.4. The highest BCUT2D eigenvalue weighted by atomic mass is 32.1. The summed E-state index contributed by atoms with van der Waals surface area (Å²) in [5, 5.41) is 17.9. The Morgan fingerprint density at radius 1 is 1.30 bits per heavy atom. The van der Waals surface area contributed by atoms with E-state index in [1.54, 1.807) is 6.20 Å². The lowest BCUT2D eigenvalue weighted by Crippen LogP contribution is -2.29. The highest BCUT2D eigenvalue weighted by Gasteiger charge is 2.31. The number of fused-ring (bicyclic) bond motifs is 1. The van der Waals surface area contributed by atoms with Crippen LogP contribution in [0.25, 0.3) is 11.5 Å². The summed E-state index contributed by atoms with van der Waals surface area (Å²) >= 11 is 1.53. The van der Waals surface area contributed by atoms with Crippen molar-refractivity contribution < 1.29 is 4.52 Å². The van der Waals surface area contributed by atoms with Crippen molar-refractivity contribution in [3.8, 4) is 17.5 Å². The predicted octanol–water partition coefficient (Wildman–Crippen LogP) is 2.91. The van der Waals surface area contributed by atoms with E-state index in [9.17, 15) is 5.26 Å². The van der Waals surface area contributed by atoms with Gasteiger partial charge < -0.3 is 20.5 Å². The third-order valence-corrected chi connectivity index (χ3v) is 6.90. The normalized spacial score (nSPS) is 19.2. The van der Waals surface area contributed by atoms with Gasteiger partial charge in [-0.05, 0) is 43.9 Å². The van der Waals surface area contributed by atoms with Gasteiger partial charge in [-0.2, -0.15) is 5.26 Å². The van der Waals surface area contributed by atoms with Crippen molar-refractivity contribution in [2.45, 2.75) is 31.6 Å². The van der Waals surface area contributed by atoms with E-state index in [4.69, 9.17) is 15.2 Å². The van der Waals surface area contributed by atoms with E-state index in [-0.39, 0.29) is 5.92 Å². The van der Waals surface area contributed by atoms with E-state index < -0.39 is 0 Å². The minimum absolute atomic E-state index is 0.0347. The number of nitrogens with two attached hydrogens (primary N) is 1. The minimum Gasteiger partial charge on any atom is -0.389 e. The molecule has 0 bridgehead atoms. The summed E-state index contributed by atoms with van der Waals surface area (Å²) in [7, 11) is 0. The number of nitrogens with one attached hydrogen (secondary N) is 1. The number of nitrogens with zero attached hydrogens (tertiary/aromatic N) is 5. The van der Waals surface area contributed by atoms with Gasteiger partial charge in [0, 0.05) is 42.7 Å². The van der Waals surface area contributed by atoms with Crippen LogP contribution in [-0.2, 0) is 6.42 Å². The average Bonchev–Trinajstić information content (AvgIpc) is 3.28. The third-order valence-electron chi connectivity index (χ3n) is 5.81. The van der Waals surface area contributed by atoms with Crippen LogP contribution in [-0.4, -0.2) is 41.3 Å². The fourth-order valence-corrected chi connectivity index (χ4v) is 5.47. The number of thiophene rings is 1. The molecule has 3 N–H and O–H groups in total. The van der Waals surface area contributed by atoms with Crippen LogP contribution in [0.5, 0.6) is 0 Å². The molecule has 0 saturated carbocycles. The molecule has 0 spiro atoms. The lowest BCUT2D eigenvalue weighted by molar-refractivity contribution is 0.414. The van der Waals surface area contributed by atoms with Gasteiger partial charge in [-0.1, -0.05) is 5.16 Å². The summed E-state index contributed by atoms with van der Waals surface area (Å²) in [5.41, 5.74) is 9.28. The fourth-order valence-electron chi connectivity index (χ4n) is 4.34. The molecule has 0 unspecified atom stereocenters. The summed E-state index contributed by atoms with van der Waals surface area (Å²) in [6.45, 7) is 3.75. The molecule has 8 nitrogen and oxygen atoms in total. The molecule has 4 heterocycles. The van der Waals surface area contributed by atoms with Crippen LogP contribution in [0.2, 0.25) is 0 Å². The second kappa shape index (κ2) is 8.05. The summed E-state index contributed by atoms with van der Waals surface area (Å²) in [6, 6.07) is 6.08. The van der Waals surface area contributed by atoms with E-state index in [1.807, 2.05) is 12.1 Å². The fraction of sp³-hybridized carbons (Fsp3) is 0.429. The molecular formula is C21H23N7OS. The minimum atomic E-state index is 0.0347. The Morgan fingerprint density at radius 2 is 2.23 bits per heavy atom. The van der Waals surface area contributed by atoms with Crippen LogP contribution in [0.3, 0.4) is 0 Å². The zero-order chi connectivity index (χ0) is 20.5. The van der Waals surface area contributed by atoms with Gasteiger partial charge in [0.05, 0.1) is 11.3 Å². The molecule has 0 aromatic carbocycles. The van der Waals surface area contributed by atoms with Gasteiger partial charge in [0.2, 0.25) is 5.95 Å². The van der Waals surface area contributed by atoms with E-state index >= 15 is 0 Å². The Bertz CT molecular complexity index is 1090. The van der Waals surface area contributed by atoms with Crippen molar-refractivity contribution >= 4 is 22.3 Å². The molecule has 154 valence electrons. The Labute approximate surface area is 178 Å². The molecule has 1 aliphatic carbocycles. The van der Waals surface area contributed by atoms with E-state index in [0.717, 1.165) is 68.8 Å². The van der Waals surface area contributed by atoms with E-state index in [2.05, 4.69) is 26.4 Å². The average molecular weight is 422 g/mol. The molecule has 30 heavy (non-hydrogen) atoms. The number of aryl methyl sites for hydroxylation is 1. The molecule has 0 radical (unpaired) electrons. The number of anilines is 2. The number of hydrogen-bond acceptors (Lipinski definition) is 9. The number of rotatable bonds is 3. The van der Waals surface area contributed by atoms with Crippen LogP contribution in [0.1, 0.15) is 46.9 Å². The Balaban J connectivity index is 1.45. The summed E-state index contributed by atoms with van der Waals surface area (Å²) in [4.78, 5) is 12.6. The number of nitriles is 1. The number of nitrogen functional groups attached to an aromatic ring is 1. The van der Waals surface area contributed by atoms with E-state index in [0.29, 0.717) is 22.3 Å². The van der Waals surface area contributed by atoms with Crippen LogP contribution < -0.4 is 16.0 Å². The molecule has 2 aliphatic rings. The van der Waals surface area contributed by atoms with Gasteiger partial charge in [-0.25, -0.2) is 9.97 Å². The summed E-state index contributed by atoms with van der Waals surface area (Å²) in [6.07, 6.45) is 5.78. The molecule has 5 rings (SSSR count). The molecule has 1 aliphatic heterocycles. The first kappa shape index (κ1) is 19.0. The molecule has 1 atom stereocenters. The molecule has 0 amide bonds. The van der Waals surface area contributed by atoms with Crippen molar-refractivity contribution in [2.75, 3.05) is 36.8 Å². The highest BCUT2D eigenvalue weighted by molar-refractivity contribution is 7.16. The van der Waals surface area contributed by atoms with Crippen molar-refractivity contribution in [1.29, 1.82) is 5.26 Å². The first-order chi connectivity index (χ1) is 14.7. The Hall–Kier alpha value is -2.96. The lowest BCUT2D eigenvalue weighted by atomic mass is 9.83. The van der Waals surface area contributed by atoms with Gasteiger partial charge in [-0.3, -0.25) is 0 Å². The summed E-state index contributed by atoms with van der Waals surface area (Å²) < 4.78 is 5.68. The Morgan fingerprint density at radius 3 is 3.13 bits per heavy atom. The monoisotopic (exact) mass is 421 g/mol. The van der Waals surface area contributed by atoms with Crippen LogP contribution in [0, 0.1) is 11.3 Å². The topological polar surface area (TPSA) is 117 Å². The van der Waals surface area contributed by atoms with Crippen LogP contribution >= 0.6 is 11.3 Å². The van der Waals surface area contributed by atoms with Gasteiger partial charge in [-0.15, -0.1) is 11.3 Å². The van der Waals surface area contributed by atoms with Crippen molar-refractivity contribution in [3.63, 3.8) is 0 Å². The first-order valence-electron chi connectivity index (χ1n) is 10.3. The van der Waals surface area contributed by atoms with Gasteiger partial charge in [0.25, 0.3) is 0 Å². The maximum absolute atomic E-state index is 9.59.